The molecule has 2 amide bonds. The smallest absolute Gasteiger partial charge is 0.277 e. The van der Waals surface area contributed by atoms with Crippen molar-refractivity contribution in [2.45, 2.75) is 18.1 Å². The molecular weight excluding hydrogens is 336 g/mol. The average molecular weight is 352 g/mol. The number of hydrogen-bond donors (Lipinski definition) is 1. The van der Waals surface area contributed by atoms with Gasteiger partial charge < -0.3 is 15.1 Å². The Kier molecular flexibility index (Phi) is 4.97. The summed E-state index contributed by atoms with van der Waals surface area (Å²) in [5.41, 5.74) is 5.33. The van der Waals surface area contributed by atoms with E-state index in [2.05, 4.69) is 10.2 Å². The molecule has 1 saturated heterocycles. The molecule has 2 aromatic rings. The number of nitrogens with two attached hydrogens (primary N) is 1. The van der Waals surface area contributed by atoms with Gasteiger partial charge in [-0.15, -0.1) is 21.5 Å². The maximum atomic E-state index is 12.2. The van der Waals surface area contributed by atoms with Gasteiger partial charge in [-0.2, -0.15) is 0 Å². The van der Waals surface area contributed by atoms with Crippen molar-refractivity contribution >= 4 is 34.9 Å². The van der Waals surface area contributed by atoms with Gasteiger partial charge in [-0.25, -0.2) is 0 Å². The van der Waals surface area contributed by atoms with E-state index in [4.69, 9.17) is 10.2 Å². The minimum Gasteiger partial charge on any atom is -0.410 e. The van der Waals surface area contributed by atoms with Gasteiger partial charge in [0, 0.05) is 13.1 Å². The van der Waals surface area contributed by atoms with Gasteiger partial charge in [0.1, 0.15) is 0 Å². The van der Waals surface area contributed by atoms with Crippen LogP contribution in [0.15, 0.2) is 27.2 Å². The second-order valence-electron chi connectivity index (χ2n) is 5.22. The lowest BCUT2D eigenvalue weighted by atomic mass is 9.97. The predicted molar refractivity (Wildman–Crippen MR) is 86.8 cm³/mol. The number of thioether (sulfide) groups is 1. The molecule has 9 heteroatoms. The highest BCUT2D eigenvalue weighted by atomic mass is 32.2. The summed E-state index contributed by atoms with van der Waals surface area (Å²) >= 11 is 2.72. The molecule has 3 rings (SSSR count). The molecule has 2 N–H and O–H groups in total. The summed E-state index contributed by atoms with van der Waals surface area (Å²) in [6.45, 7) is 1.06. The summed E-state index contributed by atoms with van der Waals surface area (Å²) in [5, 5.41) is 10.2. The number of nitrogens with zero attached hydrogens (tertiary/aromatic N) is 3. The number of likely N-dealkylation sites (tertiary alicyclic amines) is 1. The largest absolute Gasteiger partial charge is 0.410 e. The van der Waals surface area contributed by atoms with Crippen LogP contribution in [-0.2, 0) is 9.59 Å². The maximum absolute atomic E-state index is 12.2. The summed E-state index contributed by atoms with van der Waals surface area (Å²) < 4.78 is 5.53. The number of aromatic nitrogens is 2. The number of primary amides is 1. The third-order valence-corrected chi connectivity index (χ3v) is 5.30. The van der Waals surface area contributed by atoms with E-state index in [0.717, 1.165) is 17.7 Å². The Morgan fingerprint density at radius 3 is 3.09 bits per heavy atom. The molecule has 3 heterocycles. The Balaban J connectivity index is 1.54. The standard InChI is InChI=1S/C14H16N4O3S2/c15-12(20)9-3-1-5-18(7-9)11(19)8-23-14-17-16-13(21-14)10-4-2-6-22-10/h2,4,6,9H,1,3,5,7-8H2,(H2,15,20)/t9-/m0/s1. The Labute approximate surface area is 141 Å². The number of hydrogen-bond acceptors (Lipinski definition) is 7. The summed E-state index contributed by atoms with van der Waals surface area (Å²) in [7, 11) is 0. The lowest BCUT2D eigenvalue weighted by Gasteiger charge is -2.31. The van der Waals surface area contributed by atoms with Crippen LogP contribution < -0.4 is 5.73 Å². The van der Waals surface area contributed by atoms with E-state index in [1.54, 1.807) is 4.90 Å². The second kappa shape index (κ2) is 7.14. The molecule has 1 atom stereocenters. The quantitative estimate of drug-likeness (QED) is 0.820. The molecule has 0 radical (unpaired) electrons. The van der Waals surface area contributed by atoms with Crippen molar-refractivity contribution < 1.29 is 14.0 Å². The highest BCUT2D eigenvalue weighted by Gasteiger charge is 2.27. The van der Waals surface area contributed by atoms with Crippen molar-refractivity contribution in [1.82, 2.24) is 15.1 Å². The molecule has 122 valence electrons. The molecule has 0 spiro atoms. The SMILES string of the molecule is NC(=O)[C@H]1CCCN(C(=O)CSc2nnc(-c3cccs3)o2)C1. The van der Waals surface area contributed by atoms with E-state index in [0.29, 0.717) is 24.2 Å². The summed E-state index contributed by atoms with van der Waals surface area (Å²) in [5.74, 6) is 0.0371. The lowest BCUT2D eigenvalue weighted by Crippen LogP contribution is -2.44. The first-order chi connectivity index (χ1) is 11.1. The predicted octanol–water partition coefficient (Wildman–Crippen LogP) is 1.61. The summed E-state index contributed by atoms with van der Waals surface area (Å²) in [4.78, 5) is 26.1. The minimum atomic E-state index is -0.340. The van der Waals surface area contributed by atoms with Gasteiger partial charge >= 0.3 is 0 Å². The lowest BCUT2D eigenvalue weighted by molar-refractivity contribution is -0.132. The van der Waals surface area contributed by atoms with E-state index in [1.807, 2.05) is 17.5 Å². The third-order valence-electron chi connectivity index (χ3n) is 3.63. The summed E-state index contributed by atoms with van der Waals surface area (Å²) in [6.07, 6.45) is 1.55. The van der Waals surface area contributed by atoms with E-state index in [1.165, 1.54) is 23.1 Å². The van der Waals surface area contributed by atoms with E-state index in [-0.39, 0.29) is 23.5 Å². The molecule has 0 aromatic carbocycles. The minimum absolute atomic E-state index is 0.0446. The van der Waals surface area contributed by atoms with Crippen molar-refractivity contribution in [3.8, 4) is 10.8 Å². The highest BCUT2D eigenvalue weighted by Crippen LogP contribution is 2.27. The number of amides is 2. The highest BCUT2D eigenvalue weighted by molar-refractivity contribution is 7.99. The van der Waals surface area contributed by atoms with E-state index < -0.39 is 0 Å². The fourth-order valence-electron chi connectivity index (χ4n) is 2.42. The van der Waals surface area contributed by atoms with Crippen molar-refractivity contribution in [2.75, 3.05) is 18.8 Å². The molecular formula is C14H16N4O3S2. The Bertz CT molecular complexity index is 686. The van der Waals surface area contributed by atoms with Gasteiger partial charge in [0.25, 0.3) is 11.1 Å². The molecule has 1 fully saturated rings. The normalized spacial score (nSPS) is 18.1. The number of carbonyl (C=O) groups excluding carboxylic acids is 2. The van der Waals surface area contributed by atoms with Crippen LogP contribution in [0.5, 0.6) is 0 Å². The van der Waals surface area contributed by atoms with Crippen molar-refractivity contribution in [1.29, 1.82) is 0 Å². The molecule has 1 aliphatic heterocycles. The zero-order valence-corrected chi connectivity index (χ0v) is 13.9. The van der Waals surface area contributed by atoms with Gasteiger partial charge in [0.05, 0.1) is 16.5 Å². The molecule has 2 aromatic heterocycles. The first-order valence-corrected chi connectivity index (χ1v) is 9.07. The Morgan fingerprint density at radius 1 is 1.48 bits per heavy atom. The fourth-order valence-corrected chi connectivity index (χ4v) is 3.73. The van der Waals surface area contributed by atoms with Gasteiger partial charge in [0.2, 0.25) is 11.8 Å². The van der Waals surface area contributed by atoms with Crippen LogP contribution in [-0.4, -0.2) is 45.8 Å². The molecule has 0 saturated carbocycles. The van der Waals surface area contributed by atoms with Crippen LogP contribution in [0.3, 0.4) is 0 Å². The van der Waals surface area contributed by atoms with Crippen molar-refractivity contribution in [2.24, 2.45) is 11.7 Å². The zero-order chi connectivity index (χ0) is 16.2. The number of piperidine rings is 1. The molecule has 23 heavy (non-hydrogen) atoms. The zero-order valence-electron chi connectivity index (χ0n) is 12.3. The average Bonchev–Trinajstić information content (AvgIpc) is 3.23. The fraction of sp³-hybridized carbons (Fsp3) is 0.429. The van der Waals surface area contributed by atoms with Crippen LogP contribution in [0.25, 0.3) is 10.8 Å². The van der Waals surface area contributed by atoms with Crippen LogP contribution in [0.2, 0.25) is 0 Å². The second-order valence-corrected chi connectivity index (χ2v) is 7.09. The van der Waals surface area contributed by atoms with Gasteiger partial charge in [-0.3, -0.25) is 9.59 Å². The van der Waals surface area contributed by atoms with Crippen LogP contribution in [0.4, 0.5) is 0 Å². The topological polar surface area (TPSA) is 102 Å². The van der Waals surface area contributed by atoms with Crippen LogP contribution in [0.1, 0.15) is 12.8 Å². The third kappa shape index (κ3) is 3.91. The molecule has 0 aliphatic carbocycles. The first-order valence-electron chi connectivity index (χ1n) is 7.21. The van der Waals surface area contributed by atoms with Crippen molar-refractivity contribution in [3.05, 3.63) is 17.5 Å². The van der Waals surface area contributed by atoms with Crippen LogP contribution in [0, 0.1) is 5.92 Å². The Morgan fingerprint density at radius 2 is 2.35 bits per heavy atom. The van der Waals surface area contributed by atoms with Gasteiger partial charge in [0.15, 0.2) is 0 Å². The van der Waals surface area contributed by atoms with E-state index >= 15 is 0 Å². The molecule has 1 aliphatic rings. The number of thiophene rings is 1. The number of rotatable bonds is 5. The molecule has 0 unspecified atom stereocenters. The molecule has 0 bridgehead atoms. The number of carbonyl (C=O) groups is 2. The Hall–Kier alpha value is -1.87. The first kappa shape index (κ1) is 16.0. The monoisotopic (exact) mass is 352 g/mol. The molecule has 7 nitrogen and oxygen atoms in total. The van der Waals surface area contributed by atoms with Crippen LogP contribution >= 0.6 is 23.1 Å². The maximum Gasteiger partial charge on any atom is 0.277 e. The van der Waals surface area contributed by atoms with Gasteiger partial charge in [-0.05, 0) is 24.3 Å². The van der Waals surface area contributed by atoms with Gasteiger partial charge in [-0.1, -0.05) is 17.8 Å². The van der Waals surface area contributed by atoms with Crippen molar-refractivity contribution in [3.63, 3.8) is 0 Å². The van der Waals surface area contributed by atoms with E-state index in [9.17, 15) is 9.59 Å². The summed E-state index contributed by atoms with van der Waals surface area (Å²) in [6, 6.07) is 3.81.